The molecule has 0 saturated carbocycles. The molecule has 1 aliphatic heterocycles. The van der Waals surface area contributed by atoms with Crippen molar-refractivity contribution in [1.82, 2.24) is 20.2 Å². The number of hydrogen-bond acceptors (Lipinski definition) is 3. The van der Waals surface area contributed by atoms with E-state index in [1.165, 1.54) is 11.1 Å². The maximum Gasteiger partial charge on any atom is 0.157 e. The molecular weight excluding hydrogens is 256 g/mol. The van der Waals surface area contributed by atoms with Gasteiger partial charge in [-0.15, -0.1) is 5.10 Å². The van der Waals surface area contributed by atoms with Gasteiger partial charge in [-0.05, 0) is 47.0 Å². The molecule has 2 heterocycles. The van der Waals surface area contributed by atoms with Gasteiger partial charge in [-0.1, -0.05) is 15.9 Å². The van der Waals surface area contributed by atoms with Crippen LogP contribution >= 0.6 is 15.9 Å². The molecule has 0 aliphatic carbocycles. The van der Waals surface area contributed by atoms with Crippen molar-refractivity contribution in [2.45, 2.75) is 19.8 Å². The molecule has 76 valence electrons. The Balaban J connectivity index is 2.28. The van der Waals surface area contributed by atoms with E-state index in [4.69, 9.17) is 0 Å². The fraction of sp³-hybridized carbons (Fsp3) is 0.300. The van der Waals surface area contributed by atoms with Crippen LogP contribution in [0.5, 0.6) is 0 Å². The molecule has 2 aromatic rings. The van der Waals surface area contributed by atoms with Gasteiger partial charge in [-0.3, -0.25) is 0 Å². The average molecular weight is 265 g/mol. The van der Waals surface area contributed by atoms with Gasteiger partial charge in [0.25, 0.3) is 0 Å². The Hall–Kier alpha value is -1.23. The van der Waals surface area contributed by atoms with Crippen LogP contribution in [0.15, 0.2) is 16.6 Å². The molecule has 1 aromatic carbocycles. The lowest BCUT2D eigenvalue weighted by molar-refractivity contribution is 0.710. The number of aromatic nitrogens is 4. The van der Waals surface area contributed by atoms with Crippen LogP contribution in [0.25, 0.3) is 5.69 Å². The van der Waals surface area contributed by atoms with Crippen LogP contribution < -0.4 is 0 Å². The minimum Gasteiger partial charge on any atom is -0.197 e. The van der Waals surface area contributed by atoms with Crippen LogP contribution in [0.1, 0.15) is 17.0 Å². The van der Waals surface area contributed by atoms with Crippen molar-refractivity contribution in [1.29, 1.82) is 0 Å². The second kappa shape index (κ2) is 3.13. The summed E-state index contributed by atoms with van der Waals surface area (Å²) < 4.78 is 2.98. The van der Waals surface area contributed by atoms with Gasteiger partial charge in [0.15, 0.2) is 5.82 Å². The van der Waals surface area contributed by atoms with E-state index in [1.54, 1.807) is 0 Å². The van der Waals surface area contributed by atoms with E-state index in [1.807, 2.05) is 4.68 Å². The molecule has 0 unspecified atom stereocenters. The van der Waals surface area contributed by atoms with Crippen LogP contribution in [-0.2, 0) is 12.8 Å². The van der Waals surface area contributed by atoms with Crippen molar-refractivity contribution >= 4 is 15.9 Å². The van der Waals surface area contributed by atoms with Gasteiger partial charge in [0.1, 0.15) is 0 Å². The predicted octanol–water partition coefficient (Wildman–Crippen LogP) is 1.83. The van der Waals surface area contributed by atoms with Crippen molar-refractivity contribution in [2.24, 2.45) is 0 Å². The van der Waals surface area contributed by atoms with Gasteiger partial charge in [0, 0.05) is 10.9 Å². The smallest absolute Gasteiger partial charge is 0.157 e. The normalized spacial score (nSPS) is 13.5. The van der Waals surface area contributed by atoms with Crippen molar-refractivity contribution in [2.75, 3.05) is 0 Å². The third-order valence-corrected chi connectivity index (χ3v) is 3.59. The number of nitrogens with zero attached hydrogens (tertiary/aromatic N) is 4. The average Bonchev–Trinajstić information content (AvgIpc) is 2.68. The van der Waals surface area contributed by atoms with Gasteiger partial charge in [0.05, 0.1) is 5.69 Å². The van der Waals surface area contributed by atoms with E-state index < -0.39 is 0 Å². The van der Waals surface area contributed by atoms with Gasteiger partial charge in [-0.25, -0.2) is 0 Å². The summed E-state index contributed by atoms with van der Waals surface area (Å²) in [6.07, 6.45) is 1.92. The molecule has 1 aliphatic rings. The van der Waals surface area contributed by atoms with E-state index >= 15 is 0 Å². The summed E-state index contributed by atoms with van der Waals surface area (Å²) in [5.74, 6) is 0.948. The van der Waals surface area contributed by atoms with Crippen molar-refractivity contribution in [3.05, 3.63) is 33.6 Å². The number of benzene rings is 1. The highest BCUT2D eigenvalue weighted by atomic mass is 79.9. The Bertz CT molecular complexity index is 532. The molecule has 0 bridgehead atoms. The summed E-state index contributed by atoms with van der Waals surface area (Å²) in [7, 11) is 0. The predicted molar refractivity (Wildman–Crippen MR) is 59.0 cm³/mol. The van der Waals surface area contributed by atoms with Crippen LogP contribution in [0.4, 0.5) is 0 Å². The Morgan fingerprint density at radius 2 is 2.20 bits per heavy atom. The maximum atomic E-state index is 4.01. The van der Waals surface area contributed by atoms with Gasteiger partial charge < -0.3 is 0 Å². The molecule has 0 fully saturated rings. The van der Waals surface area contributed by atoms with Gasteiger partial charge >= 0.3 is 0 Å². The highest BCUT2D eigenvalue weighted by Crippen LogP contribution is 2.28. The summed E-state index contributed by atoms with van der Waals surface area (Å²) in [4.78, 5) is 0. The van der Waals surface area contributed by atoms with Crippen molar-refractivity contribution in [3.8, 4) is 5.69 Å². The molecule has 0 saturated heterocycles. The highest BCUT2D eigenvalue weighted by Gasteiger charge is 2.18. The molecule has 4 nitrogen and oxygen atoms in total. The van der Waals surface area contributed by atoms with Crippen LogP contribution in [0.2, 0.25) is 0 Å². The first-order valence-electron chi connectivity index (χ1n) is 4.82. The first-order valence-corrected chi connectivity index (χ1v) is 5.61. The fourth-order valence-electron chi connectivity index (χ4n) is 1.90. The zero-order valence-corrected chi connectivity index (χ0v) is 9.82. The Kier molecular flexibility index (Phi) is 1.88. The third-order valence-electron chi connectivity index (χ3n) is 2.74. The van der Waals surface area contributed by atoms with Gasteiger partial charge in [0.2, 0.25) is 0 Å². The molecule has 0 spiro atoms. The zero-order chi connectivity index (χ0) is 10.4. The zero-order valence-electron chi connectivity index (χ0n) is 8.24. The summed E-state index contributed by atoms with van der Waals surface area (Å²) in [6, 6.07) is 4.29. The van der Waals surface area contributed by atoms with E-state index in [0.29, 0.717) is 0 Å². The number of halogens is 1. The number of fused-ring (bicyclic) bond motifs is 3. The molecule has 0 N–H and O–H groups in total. The molecule has 0 amide bonds. The third kappa shape index (κ3) is 1.30. The summed E-state index contributed by atoms with van der Waals surface area (Å²) in [6.45, 7) is 2.07. The second-order valence-corrected chi connectivity index (χ2v) is 4.59. The quantitative estimate of drug-likeness (QED) is 0.729. The Morgan fingerprint density at radius 3 is 3.07 bits per heavy atom. The number of hydrogen-bond donors (Lipinski definition) is 0. The number of rotatable bonds is 0. The Labute approximate surface area is 95.4 Å². The minimum absolute atomic E-state index is 0.912. The number of aryl methyl sites for hydroxylation is 3. The fourth-order valence-corrected chi connectivity index (χ4v) is 2.29. The second-order valence-electron chi connectivity index (χ2n) is 3.74. The minimum atomic E-state index is 0.912. The molecule has 1 aromatic heterocycles. The topological polar surface area (TPSA) is 43.6 Å². The standard InChI is InChI=1S/C10H9BrN4/c1-6-4-9-7(5-8(6)11)2-3-10-12-13-14-15(9)10/h4-5H,2-3H2,1H3. The monoisotopic (exact) mass is 264 g/mol. The van der Waals surface area contributed by atoms with Crippen molar-refractivity contribution < 1.29 is 0 Å². The molecule has 15 heavy (non-hydrogen) atoms. The lowest BCUT2D eigenvalue weighted by Gasteiger charge is -2.17. The summed E-state index contributed by atoms with van der Waals surface area (Å²) in [5, 5.41) is 11.7. The van der Waals surface area contributed by atoms with E-state index in [2.05, 4.69) is 50.5 Å². The maximum absolute atomic E-state index is 4.01. The van der Waals surface area contributed by atoms with Gasteiger partial charge in [-0.2, -0.15) is 4.68 Å². The highest BCUT2D eigenvalue weighted by molar-refractivity contribution is 9.10. The summed E-state index contributed by atoms with van der Waals surface area (Å²) in [5.41, 5.74) is 3.62. The molecular formula is C10H9BrN4. The van der Waals surface area contributed by atoms with E-state index in [-0.39, 0.29) is 0 Å². The SMILES string of the molecule is Cc1cc2c(cc1Br)CCc1nnnn1-2. The number of tetrazole rings is 1. The van der Waals surface area contributed by atoms with E-state index in [0.717, 1.165) is 28.8 Å². The molecule has 0 atom stereocenters. The summed E-state index contributed by atoms with van der Waals surface area (Å²) >= 11 is 3.54. The van der Waals surface area contributed by atoms with Crippen LogP contribution in [0, 0.1) is 6.92 Å². The van der Waals surface area contributed by atoms with Crippen LogP contribution in [0.3, 0.4) is 0 Å². The Morgan fingerprint density at radius 1 is 1.33 bits per heavy atom. The van der Waals surface area contributed by atoms with Crippen LogP contribution in [-0.4, -0.2) is 20.2 Å². The molecule has 0 radical (unpaired) electrons. The lowest BCUT2D eigenvalue weighted by Crippen LogP contribution is -2.13. The molecule has 3 rings (SSSR count). The van der Waals surface area contributed by atoms with Crippen molar-refractivity contribution in [3.63, 3.8) is 0 Å². The first-order chi connectivity index (χ1) is 7.25. The first kappa shape index (κ1) is 9.03. The lowest BCUT2D eigenvalue weighted by atomic mass is 10.0. The molecule has 5 heteroatoms. The largest absolute Gasteiger partial charge is 0.197 e. The van der Waals surface area contributed by atoms with E-state index in [9.17, 15) is 0 Å².